The standard InChI is InChI=1S/C21H32N4O5S/c1-13(2)8-9-21(5)19(27)25(20(28)23-21)12-18(26)22-17-11-16(10-14(3)15(17)4)31(29,30)24(6)7/h10-11,13H,8-9,12H2,1-7H3,(H,22,26)(H,23,28). The molecule has 172 valence electrons. The lowest BCUT2D eigenvalue weighted by molar-refractivity contribution is -0.133. The smallest absolute Gasteiger partial charge is 0.324 e. The van der Waals surface area contributed by atoms with Gasteiger partial charge < -0.3 is 10.6 Å². The van der Waals surface area contributed by atoms with Gasteiger partial charge in [0.1, 0.15) is 12.1 Å². The zero-order valence-electron chi connectivity index (χ0n) is 19.2. The molecule has 1 fully saturated rings. The van der Waals surface area contributed by atoms with E-state index >= 15 is 0 Å². The van der Waals surface area contributed by atoms with E-state index in [0.29, 0.717) is 29.2 Å². The molecule has 2 rings (SSSR count). The van der Waals surface area contributed by atoms with E-state index in [1.807, 2.05) is 13.8 Å². The van der Waals surface area contributed by atoms with E-state index in [9.17, 15) is 22.8 Å². The second-order valence-electron chi connectivity index (χ2n) is 8.83. The maximum atomic E-state index is 12.8. The summed E-state index contributed by atoms with van der Waals surface area (Å²) in [5, 5.41) is 5.34. The highest BCUT2D eigenvalue weighted by Gasteiger charge is 2.47. The van der Waals surface area contributed by atoms with Gasteiger partial charge in [-0.25, -0.2) is 17.5 Å². The van der Waals surface area contributed by atoms with Crippen LogP contribution in [0, 0.1) is 19.8 Å². The third-order valence-electron chi connectivity index (χ3n) is 5.56. The molecule has 1 aliphatic rings. The zero-order chi connectivity index (χ0) is 23.7. The Morgan fingerprint density at radius 2 is 1.84 bits per heavy atom. The van der Waals surface area contributed by atoms with Crippen LogP contribution in [0.25, 0.3) is 0 Å². The lowest BCUT2D eigenvalue weighted by Gasteiger charge is -2.22. The van der Waals surface area contributed by atoms with Gasteiger partial charge in [-0.1, -0.05) is 13.8 Å². The third kappa shape index (κ3) is 5.24. The first-order valence-electron chi connectivity index (χ1n) is 10.2. The summed E-state index contributed by atoms with van der Waals surface area (Å²) in [5.41, 5.74) is 0.674. The van der Waals surface area contributed by atoms with Crippen LogP contribution in [0.3, 0.4) is 0 Å². The monoisotopic (exact) mass is 452 g/mol. The minimum atomic E-state index is -3.69. The number of sulfonamides is 1. The second kappa shape index (κ2) is 8.96. The predicted molar refractivity (Wildman–Crippen MR) is 118 cm³/mol. The highest BCUT2D eigenvalue weighted by atomic mass is 32.2. The minimum absolute atomic E-state index is 0.0483. The van der Waals surface area contributed by atoms with E-state index < -0.39 is 40.0 Å². The fourth-order valence-corrected chi connectivity index (χ4v) is 4.30. The van der Waals surface area contributed by atoms with Crippen molar-refractivity contribution in [2.45, 2.75) is 57.9 Å². The van der Waals surface area contributed by atoms with E-state index in [1.54, 1.807) is 20.8 Å². The fraction of sp³-hybridized carbons (Fsp3) is 0.571. The van der Waals surface area contributed by atoms with Crippen molar-refractivity contribution in [2.24, 2.45) is 5.92 Å². The van der Waals surface area contributed by atoms with Crippen molar-refractivity contribution in [3.63, 3.8) is 0 Å². The van der Waals surface area contributed by atoms with Gasteiger partial charge in [0.05, 0.1) is 4.90 Å². The molecule has 0 spiro atoms. The first kappa shape index (κ1) is 24.8. The van der Waals surface area contributed by atoms with Gasteiger partial charge >= 0.3 is 6.03 Å². The van der Waals surface area contributed by atoms with Crippen molar-refractivity contribution in [3.05, 3.63) is 23.3 Å². The van der Waals surface area contributed by atoms with Crippen molar-refractivity contribution in [1.29, 1.82) is 0 Å². The van der Waals surface area contributed by atoms with Crippen molar-refractivity contribution >= 4 is 33.6 Å². The summed E-state index contributed by atoms with van der Waals surface area (Å²) >= 11 is 0. The quantitative estimate of drug-likeness (QED) is 0.587. The van der Waals surface area contributed by atoms with Crippen LogP contribution in [0.2, 0.25) is 0 Å². The van der Waals surface area contributed by atoms with Gasteiger partial charge in [-0.3, -0.25) is 14.5 Å². The summed E-state index contributed by atoms with van der Waals surface area (Å²) in [5.74, 6) is -0.653. The number of urea groups is 1. The summed E-state index contributed by atoms with van der Waals surface area (Å²) in [6, 6.07) is 2.31. The molecule has 2 N–H and O–H groups in total. The molecule has 10 heteroatoms. The molecule has 4 amide bonds. The molecule has 0 aliphatic carbocycles. The van der Waals surface area contributed by atoms with E-state index in [2.05, 4.69) is 10.6 Å². The first-order valence-corrected chi connectivity index (χ1v) is 11.6. The number of benzene rings is 1. The Kier molecular flexibility index (Phi) is 7.17. The number of carbonyl (C=O) groups is 3. The largest absolute Gasteiger partial charge is 0.325 e. The number of amides is 4. The van der Waals surface area contributed by atoms with Crippen LogP contribution in [0.1, 0.15) is 44.7 Å². The summed E-state index contributed by atoms with van der Waals surface area (Å²) < 4.78 is 26.1. The molecule has 31 heavy (non-hydrogen) atoms. The Morgan fingerprint density at radius 3 is 2.39 bits per heavy atom. The van der Waals surface area contributed by atoms with Crippen molar-refractivity contribution in [2.75, 3.05) is 26.0 Å². The molecule has 1 aromatic rings. The van der Waals surface area contributed by atoms with Crippen LogP contribution in [0.15, 0.2) is 17.0 Å². The number of nitrogens with zero attached hydrogens (tertiary/aromatic N) is 2. The maximum Gasteiger partial charge on any atom is 0.325 e. The molecule has 1 aromatic carbocycles. The molecule has 0 bridgehead atoms. The van der Waals surface area contributed by atoms with Crippen molar-refractivity contribution < 1.29 is 22.8 Å². The minimum Gasteiger partial charge on any atom is -0.324 e. The van der Waals surface area contributed by atoms with Crippen molar-refractivity contribution in [3.8, 4) is 0 Å². The molecular formula is C21H32N4O5S. The van der Waals surface area contributed by atoms with Crippen LogP contribution in [-0.4, -0.2) is 61.6 Å². The van der Waals surface area contributed by atoms with Crippen LogP contribution in [0.4, 0.5) is 10.5 Å². The van der Waals surface area contributed by atoms with Gasteiger partial charge in [0.2, 0.25) is 15.9 Å². The highest BCUT2D eigenvalue weighted by molar-refractivity contribution is 7.89. The van der Waals surface area contributed by atoms with Crippen LogP contribution in [0.5, 0.6) is 0 Å². The molecule has 0 aromatic heterocycles. The summed E-state index contributed by atoms with van der Waals surface area (Å²) in [6.07, 6.45) is 1.24. The van der Waals surface area contributed by atoms with Gasteiger partial charge in [0.15, 0.2) is 0 Å². The summed E-state index contributed by atoms with van der Waals surface area (Å²) in [7, 11) is -0.835. The normalized spacial score (nSPS) is 19.3. The van der Waals surface area contributed by atoms with Crippen LogP contribution >= 0.6 is 0 Å². The summed E-state index contributed by atoms with van der Waals surface area (Å²) in [4.78, 5) is 38.7. The number of rotatable bonds is 8. The first-order chi connectivity index (χ1) is 14.2. The Hall–Kier alpha value is -2.46. The lowest BCUT2D eigenvalue weighted by atomic mass is 9.92. The van der Waals surface area contributed by atoms with Gasteiger partial charge in [-0.05, 0) is 62.8 Å². The average Bonchev–Trinajstić information content (AvgIpc) is 2.87. The SMILES string of the molecule is Cc1cc(S(=O)(=O)N(C)C)cc(NC(=O)CN2C(=O)NC(C)(CCC(C)C)C2=O)c1C. The molecule has 1 atom stereocenters. The molecular weight excluding hydrogens is 420 g/mol. The Bertz CT molecular complexity index is 1000. The number of anilines is 1. The Labute approximate surface area is 184 Å². The predicted octanol–water partition coefficient (Wildman–Crippen LogP) is 2.24. The summed E-state index contributed by atoms with van der Waals surface area (Å²) in [6.45, 7) is 8.78. The number of hydrogen-bond donors (Lipinski definition) is 2. The lowest BCUT2D eigenvalue weighted by Crippen LogP contribution is -2.44. The Morgan fingerprint density at radius 1 is 1.23 bits per heavy atom. The van der Waals surface area contributed by atoms with Gasteiger partial charge in [-0.2, -0.15) is 0 Å². The van der Waals surface area contributed by atoms with E-state index in [1.165, 1.54) is 26.2 Å². The molecule has 0 radical (unpaired) electrons. The van der Waals surface area contributed by atoms with E-state index in [-0.39, 0.29) is 4.90 Å². The average molecular weight is 453 g/mol. The highest BCUT2D eigenvalue weighted by Crippen LogP contribution is 2.27. The van der Waals surface area contributed by atoms with Crippen LogP contribution < -0.4 is 10.6 Å². The second-order valence-corrected chi connectivity index (χ2v) is 11.0. The number of carbonyl (C=O) groups excluding carboxylic acids is 3. The third-order valence-corrected chi connectivity index (χ3v) is 7.35. The van der Waals surface area contributed by atoms with E-state index in [0.717, 1.165) is 15.6 Å². The molecule has 0 saturated carbocycles. The van der Waals surface area contributed by atoms with Gasteiger partial charge in [0, 0.05) is 19.8 Å². The number of nitrogens with one attached hydrogen (secondary N) is 2. The van der Waals surface area contributed by atoms with Crippen molar-refractivity contribution in [1.82, 2.24) is 14.5 Å². The molecule has 9 nitrogen and oxygen atoms in total. The molecule has 1 saturated heterocycles. The number of imide groups is 1. The maximum absolute atomic E-state index is 12.8. The zero-order valence-corrected chi connectivity index (χ0v) is 20.0. The van der Waals surface area contributed by atoms with Gasteiger partial charge in [-0.15, -0.1) is 0 Å². The Balaban J connectivity index is 2.20. The topological polar surface area (TPSA) is 116 Å². The molecule has 1 heterocycles. The van der Waals surface area contributed by atoms with Crippen LogP contribution in [-0.2, 0) is 19.6 Å². The molecule has 1 aliphatic heterocycles. The molecule has 1 unspecified atom stereocenters. The number of aryl methyl sites for hydroxylation is 1. The fourth-order valence-electron chi connectivity index (χ4n) is 3.29. The number of hydrogen-bond acceptors (Lipinski definition) is 5. The van der Waals surface area contributed by atoms with Gasteiger partial charge in [0.25, 0.3) is 5.91 Å². The van der Waals surface area contributed by atoms with E-state index in [4.69, 9.17) is 0 Å².